The fraction of sp³-hybridized carbons (Fsp3) is 0.200. The predicted molar refractivity (Wildman–Crippen MR) is 80.1 cm³/mol. The second-order valence-corrected chi connectivity index (χ2v) is 6.93. The van der Waals surface area contributed by atoms with E-state index in [4.69, 9.17) is 9.92 Å². The molecular weight excluding hydrogens is 302 g/mol. The summed E-state index contributed by atoms with van der Waals surface area (Å²) in [6, 6.07) is 10.7. The molecule has 0 spiro atoms. The molecule has 2 heterocycles. The third-order valence-electron chi connectivity index (χ3n) is 3.49. The molecule has 1 aliphatic rings. The molecule has 0 saturated heterocycles. The Bertz CT molecular complexity index is 913. The first-order chi connectivity index (χ1) is 10.3. The minimum absolute atomic E-state index is 0.00567. The normalized spacial score (nSPS) is 17.7. The number of rotatable bonds is 1. The number of aromatic nitrogens is 1. The first-order valence-corrected chi connectivity index (χ1v) is 7.94. The number of anilines is 1. The molecule has 0 aliphatic carbocycles. The van der Waals surface area contributed by atoms with Gasteiger partial charge in [-0.25, -0.2) is 4.98 Å². The van der Waals surface area contributed by atoms with E-state index in [1.807, 2.05) is 6.07 Å². The number of fused-ring (bicyclic) bond motifs is 1. The maximum absolute atomic E-state index is 12.4. The molecule has 0 atom stereocenters. The van der Waals surface area contributed by atoms with Crippen LogP contribution in [-0.2, 0) is 19.9 Å². The van der Waals surface area contributed by atoms with Gasteiger partial charge in [0.05, 0.1) is 5.69 Å². The number of nitrogen functional groups attached to an aromatic ring is 1. The van der Waals surface area contributed by atoms with Crippen LogP contribution in [0.4, 0.5) is 5.82 Å². The molecule has 1 aromatic heterocycles. The van der Waals surface area contributed by atoms with Crippen molar-refractivity contribution in [1.82, 2.24) is 4.98 Å². The van der Waals surface area contributed by atoms with E-state index in [9.17, 15) is 13.7 Å². The molecule has 3 rings (SSSR count). The summed E-state index contributed by atoms with van der Waals surface area (Å²) in [4.78, 5) is 4.04. The monoisotopic (exact) mass is 315 g/mol. The summed E-state index contributed by atoms with van der Waals surface area (Å²) in [5.74, 6) is -0.00567. The quantitative estimate of drug-likeness (QED) is 0.808. The zero-order chi connectivity index (χ0) is 16.1. The molecule has 0 radical (unpaired) electrons. The van der Waals surface area contributed by atoms with Gasteiger partial charge in [-0.1, -0.05) is 30.3 Å². The number of nitrogens with zero attached hydrogens (tertiary/aromatic N) is 2. The Hall–Kier alpha value is -2.43. The van der Waals surface area contributed by atoms with E-state index in [0.29, 0.717) is 5.56 Å². The summed E-state index contributed by atoms with van der Waals surface area (Å²) in [5, 5.41) is 9.39. The predicted octanol–water partition coefficient (Wildman–Crippen LogP) is 2.16. The average molecular weight is 315 g/mol. The molecule has 1 aliphatic heterocycles. The van der Waals surface area contributed by atoms with Gasteiger partial charge in [0, 0.05) is 5.56 Å². The van der Waals surface area contributed by atoms with Gasteiger partial charge in [0.2, 0.25) is 0 Å². The lowest BCUT2D eigenvalue weighted by Gasteiger charge is -2.16. The van der Waals surface area contributed by atoms with Gasteiger partial charge in [0.25, 0.3) is 10.1 Å². The number of benzene rings is 1. The molecule has 2 aromatic rings. The Labute approximate surface area is 128 Å². The van der Waals surface area contributed by atoms with Crippen LogP contribution in [0.1, 0.15) is 25.1 Å². The lowest BCUT2D eigenvalue weighted by molar-refractivity contribution is 0.128. The summed E-state index contributed by atoms with van der Waals surface area (Å²) in [6.45, 7) is 3.20. The van der Waals surface area contributed by atoms with Crippen LogP contribution in [0.3, 0.4) is 0 Å². The molecule has 0 saturated carbocycles. The topological polar surface area (TPSA) is 106 Å². The number of hydrogen-bond acceptors (Lipinski definition) is 6. The molecule has 22 heavy (non-hydrogen) atoms. The van der Waals surface area contributed by atoms with Gasteiger partial charge in [0.1, 0.15) is 27.9 Å². The van der Waals surface area contributed by atoms with Crippen molar-refractivity contribution in [3.05, 3.63) is 41.6 Å². The van der Waals surface area contributed by atoms with E-state index >= 15 is 0 Å². The largest absolute Gasteiger partial charge is 0.383 e. The van der Waals surface area contributed by atoms with Crippen molar-refractivity contribution >= 4 is 15.9 Å². The molecule has 0 unspecified atom stereocenters. The number of nitrogens with two attached hydrogens (primary N) is 1. The molecule has 0 amide bonds. The van der Waals surface area contributed by atoms with Crippen molar-refractivity contribution in [2.75, 3.05) is 5.73 Å². The Morgan fingerprint density at radius 2 is 1.91 bits per heavy atom. The SMILES string of the molecule is CC1(C)OS(=O)(=O)c2c1nc(N)c(C#N)c2-c1ccccc1. The standard InChI is InChI=1S/C15H13N3O3S/c1-15(2)13-12(22(19,20)21-15)11(9-6-4-3-5-7-9)10(8-16)14(17)18-13/h3-7H,1-2H3,(H2,17,18). The van der Waals surface area contributed by atoms with E-state index in [1.165, 1.54) is 0 Å². The smallest absolute Gasteiger partial charge is 0.300 e. The minimum atomic E-state index is -4.01. The second-order valence-electron chi connectivity index (χ2n) is 5.45. The zero-order valence-electron chi connectivity index (χ0n) is 12.0. The van der Waals surface area contributed by atoms with Crippen molar-refractivity contribution in [1.29, 1.82) is 5.26 Å². The van der Waals surface area contributed by atoms with Crippen LogP contribution in [0.2, 0.25) is 0 Å². The number of nitriles is 1. The van der Waals surface area contributed by atoms with Crippen molar-refractivity contribution in [3.63, 3.8) is 0 Å². The van der Waals surface area contributed by atoms with E-state index < -0.39 is 15.7 Å². The van der Waals surface area contributed by atoms with E-state index in [0.717, 1.165) is 0 Å². The first kappa shape index (κ1) is 14.5. The van der Waals surface area contributed by atoms with Gasteiger partial charge in [-0.15, -0.1) is 0 Å². The lowest BCUT2D eigenvalue weighted by atomic mass is 9.95. The highest BCUT2D eigenvalue weighted by molar-refractivity contribution is 7.87. The highest BCUT2D eigenvalue weighted by Gasteiger charge is 2.46. The lowest BCUT2D eigenvalue weighted by Crippen LogP contribution is -2.18. The second kappa shape index (κ2) is 4.53. The van der Waals surface area contributed by atoms with Crippen LogP contribution in [0, 0.1) is 11.3 Å². The minimum Gasteiger partial charge on any atom is -0.383 e. The molecule has 112 valence electrons. The highest BCUT2D eigenvalue weighted by Crippen LogP contribution is 2.46. The Morgan fingerprint density at radius 1 is 1.27 bits per heavy atom. The maximum Gasteiger partial charge on any atom is 0.300 e. The van der Waals surface area contributed by atoms with Crippen LogP contribution >= 0.6 is 0 Å². The zero-order valence-corrected chi connectivity index (χ0v) is 12.8. The van der Waals surface area contributed by atoms with Crippen LogP contribution in [0.25, 0.3) is 11.1 Å². The Morgan fingerprint density at radius 3 is 2.50 bits per heavy atom. The van der Waals surface area contributed by atoms with Crippen LogP contribution < -0.4 is 5.73 Å². The summed E-state index contributed by atoms with van der Waals surface area (Å²) >= 11 is 0. The number of hydrogen-bond donors (Lipinski definition) is 1. The summed E-state index contributed by atoms with van der Waals surface area (Å²) in [7, 11) is -4.01. The van der Waals surface area contributed by atoms with Crippen LogP contribution in [-0.4, -0.2) is 13.4 Å². The fourth-order valence-electron chi connectivity index (χ4n) is 2.59. The van der Waals surface area contributed by atoms with E-state index in [-0.39, 0.29) is 27.5 Å². The molecule has 0 fully saturated rings. The van der Waals surface area contributed by atoms with Gasteiger partial charge in [-0.3, -0.25) is 4.18 Å². The van der Waals surface area contributed by atoms with Gasteiger partial charge in [0.15, 0.2) is 0 Å². The molecular formula is C15H13N3O3S. The average Bonchev–Trinajstić information content (AvgIpc) is 2.63. The maximum atomic E-state index is 12.4. The Balaban J connectivity index is 2.52. The van der Waals surface area contributed by atoms with Gasteiger partial charge >= 0.3 is 0 Å². The summed E-state index contributed by atoms with van der Waals surface area (Å²) < 4.78 is 30.0. The first-order valence-electron chi connectivity index (χ1n) is 6.53. The molecule has 2 N–H and O–H groups in total. The van der Waals surface area contributed by atoms with Gasteiger partial charge < -0.3 is 5.73 Å². The van der Waals surface area contributed by atoms with Gasteiger partial charge in [-0.05, 0) is 19.4 Å². The van der Waals surface area contributed by atoms with Crippen LogP contribution in [0.15, 0.2) is 35.2 Å². The number of pyridine rings is 1. The van der Waals surface area contributed by atoms with Crippen molar-refractivity contribution in [2.45, 2.75) is 24.3 Å². The fourth-order valence-corrected chi connectivity index (χ4v) is 4.30. The third-order valence-corrected chi connectivity index (χ3v) is 5.03. The molecule has 7 heteroatoms. The summed E-state index contributed by atoms with van der Waals surface area (Å²) in [6.07, 6.45) is 0. The summed E-state index contributed by atoms with van der Waals surface area (Å²) in [5.41, 5.74) is 5.83. The highest BCUT2D eigenvalue weighted by atomic mass is 32.2. The van der Waals surface area contributed by atoms with Crippen molar-refractivity contribution in [3.8, 4) is 17.2 Å². The van der Waals surface area contributed by atoms with Crippen LogP contribution in [0.5, 0.6) is 0 Å². The molecule has 1 aromatic carbocycles. The Kier molecular flexibility index (Phi) is 2.99. The van der Waals surface area contributed by atoms with E-state index in [2.05, 4.69) is 4.98 Å². The van der Waals surface area contributed by atoms with Crippen molar-refractivity contribution in [2.24, 2.45) is 0 Å². The van der Waals surface area contributed by atoms with Crippen molar-refractivity contribution < 1.29 is 12.6 Å². The van der Waals surface area contributed by atoms with Gasteiger partial charge in [-0.2, -0.15) is 13.7 Å². The molecule has 0 bridgehead atoms. The van der Waals surface area contributed by atoms with E-state index in [1.54, 1.807) is 44.2 Å². The molecule has 6 nitrogen and oxygen atoms in total. The third kappa shape index (κ3) is 1.96.